The van der Waals surface area contributed by atoms with Crippen molar-refractivity contribution in [3.8, 4) is 0 Å². The average molecular weight is 357 g/mol. The molecule has 0 aromatic heterocycles. The van der Waals surface area contributed by atoms with E-state index in [0.29, 0.717) is 5.69 Å². The van der Waals surface area contributed by atoms with Gasteiger partial charge in [0.05, 0.1) is 18.2 Å². The van der Waals surface area contributed by atoms with Crippen LogP contribution in [0.25, 0.3) is 0 Å². The predicted molar refractivity (Wildman–Crippen MR) is 97.0 cm³/mol. The molecule has 7 heteroatoms. The fourth-order valence-electron chi connectivity index (χ4n) is 2.47. The summed E-state index contributed by atoms with van der Waals surface area (Å²) >= 11 is 0. The standard InChI is InChI=1S/C19H20FN3O3/c1-12(24)21-17(14-6-4-3-5-7-14)11-19(26)23-15-8-9-16(20)18(10-15)22-13(2)25/h3-10,17H,11H2,1-2H3,(H,21,24)(H,22,25)(H,23,26). The lowest BCUT2D eigenvalue weighted by molar-refractivity contribution is -0.120. The van der Waals surface area contributed by atoms with Gasteiger partial charge in [-0.05, 0) is 23.8 Å². The summed E-state index contributed by atoms with van der Waals surface area (Å²) in [6.45, 7) is 2.65. The lowest BCUT2D eigenvalue weighted by Gasteiger charge is -2.18. The van der Waals surface area contributed by atoms with E-state index >= 15 is 0 Å². The number of hydrogen-bond donors (Lipinski definition) is 3. The van der Waals surface area contributed by atoms with E-state index in [-0.39, 0.29) is 23.9 Å². The van der Waals surface area contributed by atoms with Crippen LogP contribution in [0.1, 0.15) is 31.9 Å². The van der Waals surface area contributed by atoms with Gasteiger partial charge >= 0.3 is 0 Å². The number of carbonyl (C=O) groups excluding carboxylic acids is 3. The fraction of sp³-hybridized carbons (Fsp3) is 0.211. The minimum atomic E-state index is -0.599. The molecule has 136 valence electrons. The Labute approximate surface area is 150 Å². The van der Waals surface area contributed by atoms with E-state index in [4.69, 9.17) is 0 Å². The van der Waals surface area contributed by atoms with Gasteiger partial charge in [-0.3, -0.25) is 14.4 Å². The maximum atomic E-state index is 13.7. The van der Waals surface area contributed by atoms with Crippen molar-refractivity contribution in [2.45, 2.75) is 26.3 Å². The minimum Gasteiger partial charge on any atom is -0.349 e. The van der Waals surface area contributed by atoms with Crippen molar-refractivity contribution in [3.63, 3.8) is 0 Å². The van der Waals surface area contributed by atoms with Crippen molar-refractivity contribution in [1.29, 1.82) is 0 Å². The van der Waals surface area contributed by atoms with Crippen LogP contribution in [0.3, 0.4) is 0 Å². The predicted octanol–water partition coefficient (Wildman–Crippen LogP) is 2.99. The van der Waals surface area contributed by atoms with Gasteiger partial charge in [0.15, 0.2) is 0 Å². The van der Waals surface area contributed by atoms with Crippen LogP contribution in [-0.2, 0) is 14.4 Å². The van der Waals surface area contributed by atoms with Gasteiger partial charge < -0.3 is 16.0 Å². The summed E-state index contributed by atoms with van der Waals surface area (Å²) in [6.07, 6.45) is 0.0104. The van der Waals surface area contributed by atoms with Gasteiger partial charge in [-0.25, -0.2) is 4.39 Å². The fourth-order valence-corrected chi connectivity index (χ4v) is 2.47. The minimum absolute atomic E-state index is 0.0104. The third kappa shape index (κ3) is 5.70. The largest absolute Gasteiger partial charge is 0.349 e. The normalized spacial score (nSPS) is 11.3. The molecule has 0 aliphatic heterocycles. The van der Waals surface area contributed by atoms with E-state index in [1.165, 1.54) is 26.0 Å². The number of hydrogen-bond acceptors (Lipinski definition) is 3. The number of amides is 3. The molecule has 0 aliphatic rings. The molecule has 0 fully saturated rings. The van der Waals surface area contributed by atoms with Gasteiger partial charge in [0, 0.05) is 19.5 Å². The highest BCUT2D eigenvalue weighted by Gasteiger charge is 2.17. The molecular weight excluding hydrogens is 337 g/mol. The summed E-state index contributed by atoms with van der Waals surface area (Å²) in [6, 6.07) is 12.5. The first-order valence-electron chi connectivity index (χ1n) is 8.04. The topological polar surface area (TPSA) is 87.3 Å². The molecule has 1 atom stereocenters. The zero-order valence-corrected chi connectivity index (χ0v) is 14.5. The molecule has 2 rings (SSSR count). The van der Waals surface area contributed by atoms with Gasteiger partial charge in [-0.15, -0.1) is 0 Å². The zero-order chi connectivity index (χ0) is 19.1. The summed E-state index contributed by atoms with van der Waals surface area (Å²) in [7, 11) is 0. The summed E-state index contributed by atoms with van der Waals surface area (Å²) in [5, 5.41) is 7.75. The molecule has 0 saturated carbocycles. The first-order valence-corrected chi connectivity index (χ1v) is 8.04. The molecular formula is C19H20FN3O3. The highest BCUT2D eigenvalue weighted by molar-refractivity contribution is 5.94. The van der Waals surface area contributed by atoms with Crippen LogP contribution in [0.2, 0.25) is 0 Å². The molecule has 3 N–H and O–H groups in total. The molecule has 3 amide bonds. The maximum Gasteiger partial charge on any atom is 0.226 e. The van der Waals surface area contributed by atoms with Gasteiger partial charge in [0.25, 0.3) is 0 Å². The quantitative estimate of drug-likeness (QED) is 0.743. The highest BCUT2D eigenvalue weighted by atomic mass is 19.1. The van der Waals surface area contributed by atoms with Crippen LogP contribution < -0.4 is 16.0 Å². The third-order valence-electron chi connectivity index (χ3n) is 3.53. The van der Waals surface area contributed by atoms with Crippen molar-refractivity contribution in [2.24, 2.45) is 0 Å². The van der Waals surface area contributed by atoms with Crippen LogP contribution in [-0.4, -0.2) is 17.7 Å². The van der Waals surface area contributed by atoms with E-state index in [9.17, 15) is 18.8 Å². The molecule has 0 radical (unpaired) electrons. The SMILES string of the molecule is CC(=O)Nc1cc(NC(=O)CC(NC(C)=O)c2ccccc2)ccc1F. The van der Waals surface area contributed by atoms with Gasteiger partial charge in [0.2, 0.25) is 17.7 Å². The number of carbonyl (C=O) groups is 3. The van der Waals surface area contributed by atoms with E-state index in [1.807, 2.05) is 30.3 Å². The first-order chi connectivity index (χ1) is 12.3. The highest BCUT2D eigenvalue weighted by Crippen LogP contribution is 2.21. The second-order valence-corrected chi connectivity index (χ2v) is 5.79. The van der Waals surface area contributed by atoms with Crippen LogP contribution in [0.5, 0.6) is 0 Å². The molecule has 0 aliphatic carbocycles. The van der Waals surface area contributed by atoms with Gasteiger partial charge in [0.1, 0.15) is 5.82 Å². The molecule has 0 bridgehead atoms. The van der Waals surface area contributed by atoms with Crippen molar-refractivity contribution in [3.05, 3.63) is 59.9 Å². The lowest BCUT2D eigenvalue weighted by atomic mass is 10.0. The molecule has 26 heavy (non-hydrogen) atoms. The second-order valence-electron chi connectivity index (χ2n) is 5.79. The van der Waals surface area contributed by atoms with E-state index in [2.05, 4.69) is 16.0 Å². The number of rotatable bonds is 6. The van der Waals surface area contributed by atoms with E-state index in [1.54, 1.807) is 0 Å². The Morgan fingerprint density at radius 2 is 1.65 bits per heavy atom. The number of anilines is 2. The van der Waals surface area contributed by atoms with Crippen molar-refractivity contribution in [2.75, 3.05) is 10.6 Å². The van der Waals surface area contributed by atoms with Gasteiger partial charge in [-0.1, -0.05) is 30.3 Å². The maximum absolute atomic E-state index is 13.7. The Morgan fingerprint density at radius 1 is 0.962 bits per heavy atom. The average Bonchev–Trinajstić information content (AvgIpc) is 2.57. The van der Waals surface area contributed by atoms with Crippen molar-refractivity contribution < 1.29 is 18.8 Å². The summed E-state index contributed by atoms with van der Waals surface area (Å²) in [5.74, 6) is -1.62. The molecule has 2 aromatic rings. The zero-order valence-electron chi connectivity index (χ0n) is 14.5. The summed E-state index contributed by atoms with van der Waals surface area (Å²) in [5.41, 5.74) is 1.13. The monoisotopic (exact) mass is 357 g/mol. The molecule has 1 unspecified atom stereocenters. The molecule has 0 saturated heterocycles. The van der Waals surface area contributed by atoms with Crippen LogP contribution in [0.15, 0.2) is 48.5 Å². The van der Waals surface area contributed by atoms with Crippen LogP contribution in [0, 0.1) is 5.82 Å². The Kier molecular flexibility index (Phi) is 6.43. The molecule has 6 nitrogen and oxygen atoms in total. The Bertz CT molecular complexity index is 809. The molecule has 0 heterocycles. The van der Waals surface area contributed by atoms with Crippen molar-refractivity contribution in [1.82, 2.24) is 5.32 Å². The number of nitrogens with one attached hydrogen (secondary N) is 3. The number of benzene rings is 2. The van der Waals surface area contributed by atoms with Crippen LogP contribution >= 0.6 is 0 Å². The lowest BCUT2D eigenvalue weighted by Crippen LogP contribution is -2.29. The molecule has 2 aromatic carbocycles. The Balaban J connectivity index is 2.10. The van der Waals surface area contributed by atoms with E-state index < -0.39 is 17.8 Å². The Hall–Kier alpha value is -3.22. The van der Waals surface area contributed by atoms with Crippen molar-refractivity contribution >= 4 is 29.1 Å². The second kappa shape index (κ2) is 8.75. The van der Waals surface area contributed by atoms with E-state index in [0.717, 1.165) is 11.6 Å². The molecule has 0 spiro atoms. The summed E-state index contributed by atoms with van der Waals surface area (Å²) in [4.78, 5) is 34.9. The number of halogens is 1. The van der Waals surface area contributed by atoms with Crippen LogP contribution in [0.4, 0.5) is 15.8 Å². The Morgan fingerprint density at radius 3 is 2.27 bits per heavy atom. The summed E-state index contributed by atoms with van der Waals surface area (Å²) < 4.78 is 13.7. The smallest absolute Gasteiger partial charge is 0.226 e. The first kappa shape index (κ1) is 19.1. The van der Waals surface area contributed by atoms with Gasteiger partial charge in [-0.2, -0.15) is 0 Å². The third-order valence-corrected chi connectivity index (χ3v) is 3.53.